The van der Waals surface area contributed by atoms with E-state index in [1.807, 2.05) is 12.1 Å². The maximum Gasteiger partial charge on any atom is 0.179 e. The van der Waals surface area contributed by atoms with Crippen molar-refractivity contribution in [3.63, 3.8) is 0 Å². The van der Waals surface area contributed by atoms with Crippen molar-refractivity contribution in [1.82, 2.24) is 9.13 Å². The van der Waals surface area contributed by atoms with Gasteiger partial charge in [0.05, 0.1) is 27.8 Å². The predicted octanol–water partition coefficient (Wildman–Crippen LogP) is 12.8. The third-order valence-electron chi connectivity index (χ3n) is 13.5. The normalized spacial score (nSPS) is 12.1. The number of hydrogen-bond acceptors (Lipinski definition) is 1. The highest BCUT2D eigenvalue weighted by Crippen LogP contribution is 2.41. The molecular formula is C60H40N2OSi. The second-order valence-electron chi connectivity index (χ2n) is 16.8. The molecule has 0 atom stereocenters. The summed E-state index contributed by atoms with van der Waals surface area (Å²) in [6.45, 7) is 0. The van der Waals surface area contributed by atoms with Crippen molar-refractivity contribution in [2.45, 2.75) is 0 Å². The highest BCUT2D eigenvalue weighted by Gasteiger charge is 2.41. The molecule has 0 radical (unpaired) electrons. The van der Waals surface area contributed by atoms with Gasteiger partial charge in [-0.1, -0.05) is 182 Å². The smallest absolute Gasteiger partial charge is 0.179 e. The summed E-state index contributed by atoms with van der Waals surface area (Å²) >= 11 is 0. The zero-order valence-corrected chi connectivity index (χ0v) is 35.9. The van der Waals surface area contributed by atoms with E-state index >= 15 is 0 Å². The van der Waals surface area contributed by atoms with Crippen LogP contribution in [0.4, 0.5) is 0 Å². The lowest BCUT2D eigenvalue weighted by Gasteiger charge is -2.34. The van der Waals surface area contributed by atoms with Gasteiger partial charge < -0.3 is 13.6 Å². The summed E-state index contributed by atoms with van der Waals surface area (Å²) in [5, 5.41) is 12.6. The van der Waals surface area contributed by atoms with Crippen LogP contribution in [0.2, 0.25) is 0 Å². The third-order valence-corrected chi connectivity index (χ3v) is 18.3. The number of aromatic nitrogens is 2. The van der Waals surface area contributed by atoms with Crippen molar-refractivity contribution >= 4 is 94.4 Å². The van der Waals surface area contributed by atoms with Gasteiger partial charge in [0.2, 0.25) is 0 Å². The number of hydrogen-bond donors (Lipinski definition) is 0. The predicted molar refractivity (Wildman–Crippen MR) is 271 cm³/mol. The Morgan fingerprint density at radius 3 is 1.45 bits per heavy atom. The van der Waals surface area contributed by atoms with E-state index in [4.69, 9.17) is 4.42 Å². The number of nitrogens with zero attached hydrogens (tertiary/aromatic N) is 2. The monoisotopic (exact) mass is 832 g/mol. The summed E-state index contributed by atoms with van der Waals surface area (Å²) < 4.78 is 11.3. The highest BCUT2D eigenvalue weighted by atomic mass is 28.3. The molecule has 3 heterocycles. The Kier molecular flexibility index (Phi) is 8.23. The van der Waals surface area contributed by atoms with Gasteiger partial charge >= 0.3 is 0 Å². The molecular weight excluding hydrogens is 793 g/mol. The lowest BCUT2D eigenvalue weighted by atomic mass is 10.0. The van der Waals surface area contributed by atoms with Gasteiger partial charge in [-0.2, -0.15) is 0 Å². The van der Waals surface area contributed by atoms with Gasteiger partial charge in [0.25, 0.3) is 0 Å². The van der Waals surface area contributed by atoms with Crippen molar-refractivity contribution in [2.24, 2.45) is 0 Å². The van der Waals surface area contributed by atoms with Crippen LogP contribution >= 0.6 is 0 Å². The lowest BCUT2D eigenvalue weighted by Crippen LogP contribution is -2.74. The summed E-state index contributed by atoms with van der Waals surface area (Å²) in [7, 11) is -2.68. The average Bonchev–Trinajstić information content (AvgIpc) is 4.03. The van der Waals surface area contributed by atoms with E-state index in [2.05, 4.69) is 240 Å². The molecule has 10 aromatic carbocycles. The Hall–Kier alpha value is -8.18. The Morgan fingerprint density at radius 2 is 0.781 bits per heavy atom. The standard InChI is InChI=1S/C60H40N2OSi/c1-4-17-44(18-5-1)64(45-19-6-2-7-20-45,46-21-8-3-9-22-46)47-35-33-43(34-36-47)61-54-27-14-11-25-52(54)60-55(61)28-16-29-56(60)62-53-26-13-10-23-48(53)49-37-31-41(39-57(49)62)42-32-38-51-50-24-12-15-30-58(50)63-59(51)40-42/h1-40H. The SMILES string of the molecule is c1ccc([Si](c2ccccc2)(c2ccccc2)c2ccc(-n3c4ccccc4c4c(-n5c6ccccc6c6ccc(-c7ccc8c(c7)oc7ccccc78)cc65)cccc43)cc2)cc1. The molecule has 0 bridgehead atoms. The molecule has 13 aromatic rings. The number of fused-ring (bicyclic) bond motifs is 9. The van der Waals surface area contributed by atoms with E-state index in [9.17, 15) is 0 Å². The van der Waals surface area contributed by atoms with Crippen LogP contribution in [0.25, 0.3) is 88.1 Å². The van der Waals surface area contributed by atoms with Crippen molar-refractivity contribution in [3.05, 3.63) is 243 Å². The Labute approximate surface area is 371 Å². The van der Waals surface area contributed by atoms with Gasteiger partial charge in [0.1, 0.15) is 11.2 Å². The molecule has 3 nitrogen and oxygen atoms in total. The van der Waals surface area contributed by atoms with E-state index in [0.717, 1.165) is 44.4 Å². The van der Waals surface area contributed by atoms with Gasteiger partial charge in [0.15, 0.2) is 8.07 Å². The minimum Gasteiger partial charge on any atom is -0.456 e. The molecule has 0 N–H and O–H groups in total. The van der Waals surface area contributed by atoms with Crippen LogP contribution < -0.4 is 20.7 Å². The molecule has 0 saturated carbocycles. The number of rotatable bonds is 7. The lowest BCUT2D eigenvalue weighted by molar-refractivity contribution is 0.669. The molecule has 0 spiro atoms. The molecule has 4 heteroatoms. The second kappa shape index (κ2) is 14.5. The van der Waals surface area contributed by atoms with Crippen molar-refractivity contribution in [1.29, 1.82) is 0 Å². The van der Waals surface area contributed by atoms with Crippen LogP contribution in [0.1, 0.15) is 0 Å². The second-order valence-corrected chi connectivity index (χ2v) is 20.6. The number of para-hydroxylation sites is 3. The fraction of sp³-hybridized carbons (Fsp3) is 0. The van der Waals surface area contributed by atoms with E-state index in [-0.39, 0.29) is 0 Å². The number of benzene rings is 10. The van der Waals surface area contributed by atoms with E-state index in [1.165, 1.54) is 64.4 Å². The molecule has 13 rings (SSSR count). The van der Waals surface area contributed by atoms with Gasteiger partial charge in [-0.3, -0.25) is 0 Å². The fourth-order valence-corrected chi connectivity index (χ4v) is 15.4. The summed E-state index contributed by atoms with van der Waals surface area (Å²) in [4.78, 5) is 0. The molecule has 0 aliphatic carbocycles. The molecule has 0 aliphatic heterocycles. The van der Waals surface area contributed by atoms with Gasteiger partial charge in [-0.15, -0.1) is 0 Å². The summed E-state index contributed by atoms with van der Waals surface area (Å²) in [6.07, 6.45) is 0. The average molecular weight is 833 g/mol. The van der Waals surface area contributed by atoms with Crippen LogP contribution in [0, 0.1) is 0 Å². The summed E-state index contributed by atoms with van der Waals surface area (Å²) in [5.74, 6) is 0. The first-order valence-electron chi connectivity index (χ1n) is 22.0. The van der Waals surface area contributed by atoms with Crippen molar-refractivity contribution in [3.8, 4) is 22.5 Å². The van der Waals surface area contributed by atoms with Gasteiger partial charge in [-0.05, 0) is 92.5 Å². The Morgan fingerprint density at radius 1 is 0.297 bits per heavy atom. The first kappa shape index (κ1) is 36.5. The van der Waals surface area contributed by atoms with Crippen LogP contribution in [-0.4, -0.2) is 17.2 Å². The van der Waals surface area contributed by atoms with Gasteiger partial charge in [-0.25, -0.2) is 0 Å². The maximum atomic E-state index is 6.35. The maximum absolute atomic E-state index is 6.35. The van der Waals surface area contributed by atoms with Gasteiger partial charge in [0, 0.05) is 38.0 Å². The molecule has 0 aliphatic rings. The first-order chi connectivity index (χ1) is 31.8. The first-order valence-corrected chi connectivity index (χ1v) is 24.0. The molecule has 64 heavy (non-hydrogen) atoms. The third kappa shape index (κ3) is 5.39. The molecule has 3 aromatic heterocycles. The fourth-order valence-electron chi connectivity index (χ4n) is 10.7. The summed E-state index contributed by atoms with van der Waals surface area (Å²) in [6, 6.07) is 89.2. The van der Waals surface area contributed by atoms with E-state index < -0.39 is 8.07 Å². The molecule has 0 amide bonds. The quantitative estimate of drug-likeness (QED) is 0.116. The Bertz CT molecular complexity index is 3790. The van der Waals surface area contributed by atoms with Crippen LogP contribution in [0.15, 0.2) is 247 Å². The zero-order valence-electron chi connectivity index (χ0n) is 34.9. The Balaban J connectivity index is 1.01. The van der Waals surface area contributed by atoms with E-state index in [0.29, 0.717) is 0 Å². The van der Waals surface area contributed by atoms with Crippen molar-refractivity contribution in [2.75, 3.05) is 0 Å². The highest BCUT2D eigenvalue weighted by molar-refractivity contribution is 7.19. The van der Waals surface area contributed by atoms with Crippen LogP contribution in [-0.2, 0) is 0 Å². The minimum absolute atomic E-state index is 0.901. The van der Waals surface area contributed by atoms with Crippen molar-refractivity contribution < 1.29 is 4.42 Å². The minimum atomic E-state index is -2.68. The topological polar surface area (TPSA) is 23.0 Å². The molecule has 0 saturated heterocycles. The molecule has 0 unspecified atom stereocenters. The number of furan rings is 1. The molecule has 300 valence electrons. The van der Waals surface area contributed by atoms with Crippen LogP contribution in [0.3, 0.4) is 0 Å². The largest absolute Gasteiger partial charge is 0.456 e. The summed E-state index contributed by atoms with van der Waals surface area (Å²) in [5.41, 5.74) is 11.1. The van der Waals surface area contributed by atoms with Crippen LogP contribution in [0.5, 0.6) is 0 Å². The molecule has 0 fully saturated rings. The van der Waals surface area contributed by atoms with E-state index in [1.54, 1.807) is 0 Å². The zero-order chi connectivity index (χ0) is 42.2.